The highest BCUT2D eigenvalue weighted by molar-refractivity contribution is 6.03. The molecule has 0 saturated carbocycles. The molecule has 1 atom stereocenters. The molecule has 0 bridgehead atoms. The number of fused-ring (bicyclic) bond motifs is 1. The fourth-order valence-electron chi connectivity index (χ4n) is 3.48. The van der Waals surface area contributed by atoms with Crippen molar-refractivity contribution in [1.29, 1.82) is 0 Å². The molecule has 8 nitrogen and oxygen atoms in total. The molecule has 11 heteroatoms. The number of carbonyl (C=O) groups excluding carboxylic acids is 4. The van der Waals surface area contributed by atoms with E-state index in [1.807, 2.05) is 0 Å². The second-order valence-electron chi connectivity index (χ2n) is 9.24. The Hall–Kier alpha value is -3.37. The zero-order valence-corrected chi connectivity index (χ0v) is 20.1. The fourth-order valence-corrected chi connectivity index (χ4v) is 3.48. The minimum absolute atomic E-state index is 0.114. The molecule has 3 amide bonds. The Balaban J connectivity index is 2.14. The molecular formula is C24H30F3N3O5. The van der Waals surface area contributed by atoms with Gasteiger partial charge in [0.1, 0.15) is 11.6 Å². The van der Waals surface area contributed by atoms with Gasteiger partial charge in [-0.1, -0.05) is 6.07 Å². The first-order valence-corrected chi connectivity index (χ1v) is 11.2. The number of nitrogens with one attached hydrogen (secondary N) is 3. The van der Waals surface area contributed by atoms with Crippen molar-refractivity contribution in [2.24, 2.45) is 0 Å². The Morgan fingerprint density at radius 2 is 1.80 bits per heavy atom. The quantitative estimate of drug-likeness (QED) is 0.472. The number of allylic oxidation sites excluding steroid dienone is 2. The van der Waals surface area contributed by atoms with Gasteiger partial charge >= 0.3 is 12.3 Å². The van der Waals surface area contributed by atoms with Gasteiger partial charge in [0, 0.05) is 25.6 Å². The van der Waals surface area contributed by atoms with Gasteiger partial charge in [-0.25, -0.2) is 4.79 Å². The number of hydrogen-bond donors (Lipinski definition) is 3. The van der Waals surface area contributed by atoms with Crippen molar-refractivity contribution in [2.75, 3.05) is 11.9 Å². The van der Waals surface area contributed by atoms with Crippen molar-refractivity contribution in [2.45, 2.75) is 71.2 Å². The van der Waals surface area contributed by atoms with E-state index in [-0.39, 0.29) is 35.6 Å². The predicted octanol–water partition coefficient (Wildman–Crippen LogP) is 3.90. The molecular weight excluding hydrogens is 467 g/mol. The summed E-state index contributed by atoms with van der Waals surface area (Å²) in [7, 11) is 0. The van der Waals surface area contributed by atoms with Gasteiger partial charge in [0.05, 0.1) is 5.57 Å². The lowest BCUT2D eigenvalue weighted by molar-refractivity contribution is -0.119. The third-order valence-electron chi connectivity index (χ3n) is 4.94. The maximum absolute atomic E-state index is 13.3. The van der Waals surface area contributed by atoms with Crippen LogP contribution >= 0.6 is 0 Å². The summed E-state index contributed by atoms with van der Waals surface area (Å²) in [4.78, 5) is 48.0. The van der Waals surface area contributed by atoms with Gasteiger partial charge in [-0.3, -0.25) is 14.4 Å². The molecule has 0 radical (unpaired) electrons. The molecule has 0 spiro atoms. The van der Waals surface area contributed by atoms with Crippen molar-refractivity contribution in [3.8, 4) is 0 Å². The fraction of sp³-hybridized carbons (Fsp3) is 0.500. The van der Waals surface area contributed by atoms with E-state index in [2.05, 4.69) is 16.0 Å². The van der Waals surface area contributed by atoms with E-state index in [1.54, 1.807) is 20.8 Å². The number of anilines is 1. The SMILES string of the molecule is CC(=O)NCCCC[C@@H](NC(=O)OC(C)(C)C)C(=O)Nc1ccc2c(c1)CC(=O)C=C2C(F)(F)F. The highest BCUT2D eigenvalue weighted by Gasteiger charge is 2.38. The largest absolute Gasteiger partial charge is 0.444 e. The molecule has 35 heavy (non-hydrogen) atoms. The minimum atomic E-state index is -4.69. The predicted molar refractivity (Wildman–Crippen MR) is 124 cm³/mol. The smallest absolute Gasteiger partial charge is 0.417 e. The number of halogens is 3. The van der Waals surface area contributed by atoms with Crippen LogP contribution in [0.25, 0.3) is 5.57 Å². The first-order chi connectivity index (χ1) is 16.2. The molecule has 0 saturated heterocycles. The van der Waals surface area contributed by atoms with Gasteiger partial charge in [-0.15, -0.1) is 0 Å². The highest BCUT2D eigenvalue weighted by atomic mass is 19.4. The molecule has 0 unspecified atom stereocenters. The van der Waals surface area contributed by atoms with Crippen LogP contribution < -0.4 is 16.0 Å². The Morgan fingerprint density at radius 3 is 2.40 bits per heavy atom. The summed E-state index contributed by atoms with van der Waals surface area (Å²) in [5, 5.41) is 7.76. The van der Waals surface area contributed by atoms with Crippen LogP contribution in [-0.4, -0.2) is 48.1 Å². The Labute approximate surface area is 201 Å². The second-order valence-corrected chi connectivity index (χ2v) is 9.24. The van der Waals surface area contributed by atoms with Crippen molar-refractivity contribution < 1.29 is 37.1 Å². The zero-order chi connectivity index (χ0) is 26.4. The highest BCUT2D eigenvalue weighted by Crippen LogP contribution is 2.38. The molecule has 192 valence electrons. The number of ketones is 1. The van der Waals surface area contributed by atoms with Crippen LogP contribution in [0.15, 0.2) is 24.3 Å². The van der Waals surface area contributed by atoms with Gasteiger partial charge in [0.15, 0.2) is 5.78 Å². The van der Waals surface area contributed by atoms with Gasteiger partial charge in [-0.05, 0) is 69.4 Å². The van der Waals surface area contributed by atoms with Crippen LogP contribution in [0.5, 0.6) is 0 Å². The monoisotopic (exact) mass is 497 g/mol. The van der Waals surface area contributed by atoms with Crippen LogP contribution in [0.1, 0.15) is 58.1 Å². The molecule has 1 aliphatic carbocycles. The number of amides is 3. The van der Waals surface area contributed by atoms with Crippen molar-refractivity contribution in [1.82, 2.24) is 10.6 Å². The Kier molecular flexibility index (Phi) is 9.06. The molecule has 0 fully saturated rings. The number of unbranched alkanes of at least 4 members (excludes halogenated alkanes) is 1. The topological polar surface area (TPSA) is 114 Å². The number of rotatable bonds is 8. The van der Waals surface area contributed by atoms with Gasteiger partial charge in [-0.2, -0.15) is 13.2 Å². The number of hydrogen-bond acceptors (Lipinski definition) is 5. The van der Waals surface area contributed by atoms with E-state index in [1.165, 1.54) is 25.1 Å². The van der Waals surface area contributed by atoms with E-state index < -0.39 is 41.2 Å². The van der Waals surface area contributed by atoms with Gasteiger partial charge < -0.3 is 20.7 Å². The summed E-state index contributed by atoms with van der Waals surface area (Å²) < 4.78 is 45.1. The average Bonchev–Trinajstić information content (AvgIpc) is 2.69. The van der Waals surface area contributed by atoms with Crippen LogP contribution in [0.4, 0.5) is 23.7 Å². The van der Waals surface area contributed by atoms with Crippen molar-refractivity contribution in [3.63, 3.8) is 0 Å². The summed E-state index contributed by atoms with van der Waals surface area (Å²) in [6.45, 7) is 6.82. The molecule has 1 aromatic rings. The molecule has 2 rings (SSSR count). The van der Waals surface area contributed by atoms with E-state index >= 15 is 0 Å². The summed E-state index contributed by atoms with van der Waals surface area (Å²) >= 11 is 0. The van der Waals surface area contributed by atoms with E-state index in [0.717, 1.165) is 0 Å². The molecule has 0 aliphatic heterocycles. The summed E-state index contributed by atoms with van der Waals surface area (Å²) in [6, 6.07) is 2.85. The average molecular weight is 498 g/mol. The molecule has 0 heterocycles. The van der Waals surface area contributed by atoms with Crippen LogP contribution in [0.2, 0.25) is 0 Å². The van der Waals surface area contributed by atoms with E-state index in [4.69, 9.17) is 4.74 Å². The molecule has 0 aromatic heterocycles. The second kappa shape index (κ2) is 11.4. The Morgan fingerprint density at radius 1 is 1.11 bits per heavy atom. The number of alkyl halides is 3. The first-order valence-electron chi connectivity index (χ1n) is 11.2. The lowest BCUT2D eigenvalue weighted by atomic mass is 9.89. The molecule has 1 aliphatic rings. The number of ether oxygens (including phenoxy) is 1. The van der Waals surface area contributed by atoms with Crippen molar-refractivity contribution in [3.05, 3.63) is 35.4 Å². The van der Waals surface area contributed by atoms with Gasteiger partial charge in [0.25, 0.3) is 0 Å². The van der Waals surface area contributed by atoms with Crippen molar-refractivity contribution >= 4 is 35.0 Å². The lowest BCUT2D eigenvalue weighted by Gasteiger charge is -2.24. The number of benzene rings is 1. The van der Waals surface area contributed by atoms with Gasteiger partial charge in [0.2, 0.25) is 11.8 Å². The standard InChI is InChI=1S/C24H30F3N3O5/c1-14(31)28-10-6-5-7-20(30-22(34)35-23(2,3)4)21(33)29-16-8-9-18-15(11-16)12-17(32)13-19(18)24(25,26)27/h8-9,11,13,20H,5-7,10,12H2,1-4H3,(H,28,31)(H,29,33)(H,30,34)/t20-/m1/s1. The van der Waals surface area contributed by atoms with E-state index in [0.29, 0.717) is 25.5 Å². The summed E-state index contributed by atoms with van der Waals surface area (Å²) in [5.41, 5.74) is -1.58. The molecule has 3 N–H and O–H groups in total. The third-order valence-corrected chi connectivity index (χ3v) is 4.94. The minimum Gasteiger partial charge on any atom is -0.444 e. The maximum atomic E-state index is 13.3. The number of carbonyl (C=O) groups is 4. The third kappa shape index (κ3) is 9.06. The molecule has 1 aromatic carbocycles. The maximum Gasteiger partial charge on any atom is 0.417 e. The van der Waals surface area contributed by atoms with Crippen LogP contribution in [0.3, 0.4) is 0 Å². The lowest BCUT2D eigenvalue weighted by Crippen LogP contribution is -2.45. The Bertz CT molecular complexity index is 1010. The zero-order valence-electron chi connectivity index (χ0n) is 20.1. The first kappa shape index (κ1) is 27.9. The van der Waals surface area contributed by atoms with E-state index in [9.17, 15) is 32.3 Å². The number of alkyl carbamates (subject to hydrolysis) is 1. The van der Waals surface area contributed by atoms with Crippen LogP contribution in [-0.2, 0) is 25.5 Å². The summed E-state index contributed by atoms with van der Waals surface area (Å²) in [5.74, 6) is -1.46. The summed E-state index contributed by atoms with van der Waals surface area (Å²) in [6.07, 6.45) is -3.83. The normalized spacial score (nSPS) is 14.4. The van der Waals surface area contributed by atoms with Crippen LogP contribution in [0, 0.1) is 0 Å².